The van der Waals surface area contributed by atoms with Crippen LogP contribution in [-0.2, 0) is 9.05 Å². The highest BCUT2D eigenvalue weighted by Crippen LogP contribution is 2.34. The lowest BCUT2D eigenvalue weighted by atomic mass is 10.2. The van der Waals surface area contributed by atoms with E-state index in [0.29, 0.717) is 28.8 Å². The van der Waals surface area contributed by atoms with Gasteiger partial charge in [-0.3, -0.25) is 0 Å². The molecule has 0 spiro atoms. The summed E-state index contributed by atoms with van der Waals surface area (Å²) in [6, 6.07) is 3.35. The average Bonchev–Trinajstić information content (AvgIpc) is 2.32. The van der Waals surface area contributed by atoms with Gasteiger partial charge in [-0.2, -0.15) is 0 Å². The van der Waals surface area contributed by atoms with E-state index in [9.17, 15) is 8.42 Å². The first-order valence-electron chi connectivity index (χ1n) is 5.99. The molecule has 0 aliphatic heterocycles. The van der Waals surface area contributed by atoms with Crippen LogP contribution in [0.15, 0.2) is 16.6 Å². The van der Waals surface area contributed by atoms with E-state index in [2.05, 4.69) is 15.9 Å². The molecule has 0 aliphatic rings. The molecule has 0 bridgehead atoms. The zero-order valence-electron chi connectivity index (χ0n) is 10.5. The Bertz CT molecular complexity index is 549. The van der Waals surface area contributed by atoms with Crippen LogP contribution in [0.25, 0.3) is 0 Å². The van der Waals surface area contributed by atoms with Gasteiger partial charge >= 0.3 is 0 Å². The van der Waals surface area contributed by atoms with Gasteiger partial charge in [0.1, 0.15) is 5.75 Å². The van der Waals surface area contributed by atoms with Gasteiger partial charge in [-0.05, 0) is 34.8 Å². The second kappa shape index (κ2) is 8.69. The molecule has 1 rings (SSSR count). The first-order chi connectivity index (χ1) is 9.29. The topological polar surface area (TPSA) is 43.4 Å². The first kappa shape index (κ1) is 18.4. The van der Waals surface area contributed by atoms with E-state index >= 15 is 0 Å². The predicted molar refractivity (Wildman–Crippen MR) is 87.8 cm³/mol. The lowest BCUT2D eigenvalue weighted by molar-refractivity contribution is 0.305. The van der Waals surface area contributed by atoms with Crippen molar-refractivity contribution in [2.75, 3.05) is 12.4 Å². The molecule has 0 heterocycles. The van der Waals surface area contributed by atoms with Gasteiger partial charge in [0.15, 0.2) is 0 Å². The zero-order valence-corrected chi connectivity index (χ0v) is 15.2. The molecular formula is C12H14BrCl3O3S. The van der Waals surface area contributed by atoms with E-state index in [4.69, 9.17) is 38.6 Å². The van der Waals surface area contributed by atoms with Crippen LogP contribution in [0.2, 0.25) is 10.0 Å². The van der Waals surface area contributed by atoms with Gasteiger partial charge < -0.3 is 4.74 Å². The summed E-state index contributed by atoms with van der Waals surface area (Å²) in [5.74, 6) is 0.562. The van der Waals surface area contributed by atoms with Gasteiger partial charge in [-0.1, -0.05) is 36.0 Å². The quantitative estimate of drug-likeness (QED) is 0.325. The fourth-order valence-corrected chi connectivity index (χ4v) is 3.25. The smallest absolute Gasteiger partial charge is 0.232 e. The number of hydrogen-bond donors (Lipinski definition) is 0. The Morgan fingerprint density at radius 2 is 1.70 bits per heavy atom. The second-order valence-electron chi connectivity index (χ2n) is 4.20. The Morgan fingerprint density at radius 3 is 2.35 bits per heavy atom. The molecule has 0 saturated heterocycles. The number of hydrogen-bond acceptors (Lipinski definition) is 3. The Labute approximate surface area is 142 Å². The van der Waals surface area contributed by atoms with Gasteiger partial charge in [0.25, 0.3) is 0 Å². The third kappa shape index (κ3) is 7.36. The minimum atomic E-state index is -3.37. The minimum absolute atomic E-state index is 0.0174. The molecular weight excluding hydrogens is 410 g/mol. The highest BCUT2D eigenvalue weighted by Gasteiger charge is 2.07. The number of ether oxygens (including phenoxy) is 1. The van der Waals surface area contributed by atoms with Crippen LogP contribution in [0.3, 0.4) is 0 Å². The molecule has 3 nitrogen and oxygen atoms in total. The third-order valence-electron chi connectivity index (χ3n) is 2.51. The summed E-state index contributed by atoms with van der Waals surface area (Å²) in [4.78, 5) is 0. The van der Waals surface area contributed by atoms with Crippen molar-refractivity contribution in [3.05, 3.63) is 26.7 Å². The normalized spacial score (nSPS) is 11.6. The van der Waals surface area contributed by atoms with E-state index in [1.807, 2.05) is 0 Å². The average molecular weight is 425 g/mol. The second-order valence-corrected chi connectivity index (χ2v) is 8.77. The maximum atomic E-state index is 10.7. The van der Waals surface area contributed by atoms with Gasteiger partial charge in [0.05, 0.1) is 22.4 Å². The van der Waals surface area contributed by atoms with Crippen molar-refractivity contribution in [2.24, 2.45) is 0 Å². The SMILES string of the molecule is O=S(=O)(Cl)CCCCCCOc1cc(Cl)c(Br)cc1Cl. The van der Waals surface area contributed by atoms with Crippen LogP contribution in [0, 0.1) is 0 Å². The lowest BCUT2D eigenvalue weighted by Gasteiger charge is -2.09. The fraction of sp³-hybridized carbons (Fsp3) is 0.500. The number of benzene rings is 1. The molecule has 0 aliphatic carbocycles. The van der Waals surface area contributed by atoms with Gasteiger partial charge in [-0.15, -0.1) is 0 Å². The maximum absolute atomic E-state index is 10.7. The molecule has 0 unspecified atom stereocenters. The Kier molecular flexibility index (Phi) is 7.98. The van der Waals surface area contributed by atoms with Crippen LogP contribution < -0.4 is 4.74 Å². The molecule has 20 heavy (non-hydrogen) atoms. The molecule has 114 valence electrons. The van der Waals surface area contributed by atoms with Crippen LogP contribution >= 0.6 is 49.8 Å². The van der Waals surface area contributed by atoms with Crippen molar-refractivity contribution < 1.29 is 13.2 Å². The van der Waals surface area contributed by atoms with Crippen molar-refractivity contribution in [3.63, 3.8) is 0 Å². The zero-order chi connectivity index (χ0) is 15.2. The molecule has 0 N–H and O–H groups in total. The van der Waals surface area contributed by atoms with Gasteiger partial charge in [0.2, 0.25) is 9.05 Å². The van der Waals surface area contributed by atoms with Crippen LogP contribution in [0.5, 0.6) is 5.75 Å². The highest BCUT2D eigenvalue weighted by molar-refractivity contribution is 9.10. The van der Waals surface area contributed by atoms with E-state index in [0.717, 1.165) is 23.7 Å². The number of halogens is 4. The lowest BCUT2D eigenvalue weighted by Crippen LogP contribution is -2.00. The van der Waals surface area contributed by atoms with Crippen molar-refractivity contribution in [2.45, 2.75) is 25.7 Å². The van der Waals surface area contributed by atoms with Gasteiger partial charge in [0, 0.05) is 21.2 Å². The summed E-state index contributed by atoms with van der Waals surface area (Å²) < 4.78 is 27.7. The molecule has 8 heteroatoms. The largest absolute Gasteiger partial charge is 0.492 e. The predicted octanol–water partition coefficient (Wildman–Crippen LogP) is 5.26. The molecule has 0 radical (unpaired) electrons. The minimum Gasteiger partial charge on any atom is -0.492 e. The summed E-state index contributed by atoms with van der Waals surface area (Å²) in [6.45, 7) is 0.505. The molecule has 0 amide bonds. The molecule has 1 aromatic rings. The molecule has 1 aromatic carbocycles. The Morgan fingerprint density at radius 1 is 1.05 bits per heavy atom. The summed E-state index contributed by atoms with van der Waals surface area (Å²) >= 11 is 15.2. The standard InChI is InChI=1S/C12H14BrCl3O3S/c13-9-7-11(15)12(8-10(9)14)19-5-3-1-2-4-6-20(16,17)18/h7-8H,1-6H2. The van der Waals surface area contributed by atoms with Crippen LogP contribution in [0.4, 0.5) is 0 Å². The van der Waals surface area contributed by atoms with Gasteiger partial charge in [-0.25, -0.2) is 8.42 Å². The van der Waals surface area contributed by atoms with Crippen LogP contribution in [-0.4, -0.2) is 20.8 Å². The summed E-state index contributed by atoms with van der Waals surface area (Å²) in [5, 5.41) is 1.03. The van der Waals surface area contributed by atoms with E-state index < -0.39 is 9.05 Å². The van der Waals surface area contributed by atoms with Crippen LogP contribution in [0.1, 0.15) is 25.7 Å². The first-order valence-corrected chi connectivity index (χ1v) is 10.0. The highest BCUT2D eigenvalue weighted by atomic mass is 79.9. The molecule has 0 saturated carbocycles. The number of rotatable bonds is 8. The van der Waals surface area contributed by atoms with Crippen molar-refractivity contribution in [3.8, 4) is 5.75 Å². The Hall–Kier alpha value is 0.320. The van der Waals surface area contributed by atoms with E-state index in [1.54, 1.807) is 12.1 Å². The monoisotopic (exact) mass is 422 g/mol. The maximum Gasteiger partial charge on any atom is 0.232 e. The van der Waals surface area contributed by atoms with E-state index in [-0.39, 0.29) is 5.75 Å². The number of unbranched alkanes of at least 4 members (excludes halogenated alkanes) is 3. The van der Waals surface area contributed by atoms with Crippen molar-refractivity contribution >= 4 is 58.9 Å². The molecule has 0 aromatic heterocycles. The van der Waals surface area contributed by atoms with E-state index in [1.165, 1.54) is 0 Å². The Balaban J connectivity index is 2.23. The third-order valence-corrected chi connectivity index (χ3v) is 5.25. The summed E-state index contributed by atoms with van der Waals surface area (Å²) in [7, 11) is 1.74. The van der Waals surface area contributed by atoms with Crippen molar-refractivity contribution in [1.82, 2.24) is 0 Å². The van der Waals surface area contributed by atoms with Crippen molar-refractivity contribution in [1.29, 1.82) is 0 Å². The molecule has 0 fully saturated rings. The fourth-order valence-electron chi connectivity index (χ4n) is 1.53. The summed E-state index contributed by atoms with van der Waals surface area (Å²) in [5.41, 5.74) is 0. The summed E-state index contributed by atoms with van der Waals surface area (Å²) in [6.07, 6.45) is 3.04. The molecule has 0 atom stereocenters.